The number of rotatable bonds is 2. The first-order chi connectivity index (χ1) is 8.95. The maximum Gasteiger partial charge on any atom is 0.254 e. The molecule has 0 aliphatic rings. The molecule has 0 fully saturated rings. The van der Waals surface area contributed by atoms with Gasteiger partial charge in [-0.25, -0.2) is 13.8 Å². The van der Waals surface area contributed by atoms with E-state index in [1.54, 1.807) is 6.92 Å². The minimum absolute atomic E-state index is 0.0388. The van der Waals surface area contributed by atoms with Crippen molar-refractivity contribution < 1.29 is 8.78 Å². The molecule has 1 aromatic heterocycles. The Hall–Kier alpha value is -1.56. The fraction of sp³-hybridized carbons (Fsp3) is 0.231. The second-order valence-electron chi connectivity index (χ2n) is 4.06. The van der Waals surface area contributed by atoms with Gasteiger partial charge in [0.05, 0.1) is 15.7 Å². The van der Waals surface area contributed by atoms with Crippen molar-refractivity contribution in [3.8, 4) is 11.3 Å². The summed E-state index contributed by atoms with van der Waals surface area (Å²) in [6, 6.07) is 2.41. The number of nitrogens with zero attached hydrogens (tertiary/aromatic N) is 1. The van der Waals surface area contributed by atoms with E-state index in [1.807, 2.05) is 0 Å². The first kappa shape index (κ1) is 13.9. The number of aryl methyl sites for hydroxylation is 1. The van der Waals surface area contributed by atoms with Crippen LogP contribution in [0.15, 0.2) is 21.4 Å². The van der Waals surface area contributed by atoms with Crippen molar-refractivity contribution in [3.05, 3.63) is 50.0 Å². The third-order valence-corrected chi connectivity index (χ3v) is 3.43. The lowest BCUT2D eigenvalue weighted by molar-refractivity contribution is 0.583. The molecule has 0 radical (unpaired) electrons. The highest BCUT2D eigenvalue weighted by molar-refractivity contribution is 9.10. The van der Waals surface area contributed by atoms with Gasteiger partial charge in [0.1, 0.15) is 17.5 Å². The number of nitrogens with one attached hydrogen (secondary N) is 1. The molecule has 0 aliphatic heterocycles. The van der Waals surface area contributed by atoms with Gasteiger partial charge in [0.2, 0.25) is 0 Å². The van der Waals surface area contributed by atoms with Crippen LogP contribution in [-0.4, -0.2) is 9.97 Å². The van der Waals surface area contributed by atoms with Gasteiger partial charge in [-0.3, -0.25) is 4.79 Å². The lowest BCUT2D eigenvalue weighted by atomic mass is 10.1. The molecule has 0 saturated heterocycles. The van der Waals surface area contributed by atoms with Crippen LogP contribution in [0.25, 0.3) is 11.3 Å². The average molecular weight is 329 g/mol. The van der Waals surface area contributed by atoms with E-state index in [-0.39, 0.29) is 26.9 Å². The fourth-order valence-corrected chi connectivity index (χ4v) is 2.06. The molecule has 19 heavy (non-hydrogen) atoms. The summed E-state index contributed by atoms with van der Waals surface area (Å²) in [5, 5.41) is 0. The van der Waals surface area contributed by atoms with E-state index < -0.39 is 11.6 Å². The maximum atomic E-state index is 14.1. The van der Waals surface area contributed by atoms with Gasteiger partial charge in [0.25, 0.3) is 5.56 Å². The van der Waals surface area contributed by atoms with Crippen LogP contribution < -0.4 is 5.56 Å². The van der Waals surface area contributed by atoms with E-state index in [0.717, 1.165) is 6.07 Å². The summed E-state index contributed by atoms with van der Waals surface area (Å²) in [6.07, 6.45) is 0.472. The zero-order valence-electron chi connectivity index (χ0n) is 10.4. The smallest absolute Gasteiger partial charge is 0.254 e. The molecule has 0 unspecified atom stereocenters. The molecule has 0 bridgehead atoms. The largest absolute Gasteiger partial charge is 0.310 e. The number of aromatic nitrogens is 2. The van der Waals surface area contributed by atoms with Crippen LogP contribution in [-0.2, 0) is 6.42 Å². The van der Waals surface area contributed by atoms with Gasteiger partial charge < -0.3 is 4.98 Å². The molecule has 6 heteroatoms. The van der Waals surface area contributed by atoms with Gasteiger partial charge in [0, 0.05) is 12.0 Å². The van der Waals surface area contributed by atoms with Crippen molar-refractivity contribution >= 4 is 15.9 Å². The van der Waals surface area contributed by atoms with Gasteiger partial charge >= 0.3 is 0 Å². The Kier molecular flexibility index (Phi) is 3.80. The van der Waals surface area contributed by atoms with Crippen LogP contribution in [0, 0.1) is 18.6 Å². The molecule has 0 saturated carbocycles. The van der Waals surface area contributed by atoms with Crippen LogP contribution >= 0.6 is 15.9 Å². The van der Waals surface area contributed by atoms with Gasteiger partial charge in [0.15, 0.2) is 0 Å². The fourth-order valence-electron chi connectivity index (χ4n) is 1.73. The lowest BCUT2D eigenvalue weighted by Crippen LogP contribution is -2.16. The number of H-pyrrole nitrogens is 1. The zero-order chi connectivity index (χ0) is 14.2. The Bertz CT molecular complexity index is 698. The molecule has 1 N–H and O–H groups in total. The Morgan fingerprint density at radius 2 is 2.05 bits per heavy atom. The summed E-state index contributed by atoms with van der Waals surface area (Å²) in [6.45, 7) is 3.28. The highest BCUT2D eigenvalue weighted by atomic mass is 79.9. The summed E-state index contributed by atoms with van der Waals surface area (Å²) in [5.41, 5.74) is -0.446. The molecule has 2 aromatic rings. The number of benzene rings is 1. The van der Waals surface area contributed by atoms with E-state index in [1.165, 1.54) is 13.0 Å². The third kappa shape index (κ3) is 2.45. The standard InChI is InChI=1S/C13H11BrF2N2O/c1-3-9-17-12(6(2)13(19)18-9)10-8(15)5-4-7(14)11(10)16/h4-5H,3H2,1-2H3,(H,17,18,19). The van der Waals surface area contributed by atoms with Crippen molar-refractivity contribution in [1.29, 1.82) is 0 Å². The molecule has 0 aliphatic carbocycles. The SMILES string of the molecule is CCc1nc(-c2c(F)ccc(Br)c2F)c(C)c(=O)[nH]1. The van der Waals surface area contributed by atoms with E-state index >= 15 is 0 Å². The molecular formula is C13H11BrF2N2O. The second-order valence-corrected chi connectivity index (χ2v) is 4.91. The summed E-state index contributed by atoms with van der Waals surface area (Å²) in [5.74, 6) is -1.11. The molecule has 2 rings (SSSR count). The second kappa shape index (κ2) is 5.21. The highest BCUT2D eigenvalue weighted by Gasteiger charge is 2.19. The number of halogens is 3. The average Bonchev–Trinajstić information content (AvgIpc) is 2.39. The molecule has 100 valence electrons. The van der Waals surface area contributed by atoms with Crippen molar-refractivity contribution in [2.24, 2.45) is 0 Å². The Labute approximate surface area is 116 Å². The van der Waals surface area contributed by atoms with Gasteiger partial charge in [-0.1, -0.05) is 6.92 Å². The van der Waals surface area contributed by atoms with Gasteiger partial charge in [-0.2, -0.15) is 0 Å². The van der Waals surface area contributed by atoms with Crippen LogP contribution in [0.1, 0.15) is 18.3 Å². The van der Waals surface area contributed by atoms with Gasteiger partial charge in [-0.15, -0.1) is 0 Å². The van der Waals surface area contributed by atoms with E-state index in [9.17, 15) is 13.6 Å². The van der Waals surface area contributed by atoms with Crippen LogP contribution in [0.5, 0.6) is 0 Å². The summed E-state index contributed by atoms with van der Waals surface area (Å²) in [7, 11) is 0. The Morgan fingerprint density at radius 1 is 1.37 bits per heavy atom. The first-order valence-electron chi connectivity index (χ1n) is 5.69. The van der Waals surface area contributed by atoms with Crippen molar-refractivity contribution in [3.63, 3.8) is 0 Å². The van der Waals surface area contributed by atoms with E-state index in [0.29, 0.717) is 12.2 Å². The molecule has 3 nitrogen and oxygen atoms in total. The molecule has 0 amide bonds. The molecule has 0 spiro atoms. The van der Waals surface area contributed by atoms with Gasteiger partial charge in [-0.05, 0) is 35.0 Å². The van der Waals surface area contributed by atoms with Crippen LogP contribution in [0.3, 0.4) is 0 Å². The number of hydrogen-bond acceptors (Lipinski definition) is 2. The third-order valence-electron chi connectivity index (χ3n) is 2.82. The number of aromatic amines is 1. The summed E-state index contributed by atoms with van der Waals surface area (Å²) < 4.78 is 28.0. The normalized spacial score (nSPS) is 10.8. The quantitative estimate of drug-likeness (QED) is 0.859. The highest BCUT2D eigenvalue weighted by Crippen LogP contribution is 2.30. The van der Waals surface area contributed by atoms with E-state index in [4.69, 9.17) is 0 Å². The van der Waals surface area contributed by atoms with Crippen molar-refractivity contribution in [2.75, 3.05) is 0 Å². The molecule has 1 aromatic carbocycles. The van der Waals surface area contributed by atoms with Crippen molar-refractivity contribution in [2.45, 2.75) is 20.3 Å². The summed E-state index contributed by atoms with van der Waals surface area (Å²) in [4.78, 5) is 18.4. The molecular weight excluding hydrogens is 318 g/mol. The molecule has 1 heterocycles. The zero-order valence-corrected chi connectivity index (χ0v) is 11.9. The van der Waals surface area contributed by atoms with Crippen molar-refractivity contribution in [1.82, 2.24) is 9.97 Å². The Balaban J connectivity index is 2.83. The van der Waals surface area contributed by atoms with Crippen LogP contribution in [0.2, 0.25) is 0 Å². The maximum absolute atomic E-state index is 14.1. The first-order valence-corrected chi connectivity index (χ1v) is 6.48. The summed E-state index contributed by atoms with van der Waals surface area (Å²) >= 11 is 3.00. The molecule has 0 atom stereocenters. The monoisotopic (exact) mass is 328 g/mol. The predicted octanol–water partition coefficient (Wildman–Crippen LogP) is 3.35. The minimum atomic E-state index is -0.761. The lowest BCUT2D eigenvalue weighted by Gasteiger charge is -2.09. The Morgan fingerprint density at radius 3 is 2.68 bits per heavy atom. The number of hydrogen-bond donors (Lipinski definition) is 1. The topological polar surface area (TPSA) is 45.8 Å². The van der Waals surface area contributed by atoms with E-state index in [2.05, 4.69) is 25.9 Å². The minimum Gasteiger partial charge on any atom is -0.310 e. The predicted molar refractivity (Wildman–Crippen MR) is 72.0 cm³/mol. The van der Waals surface area contributed by atoms with Crippen LogP contribution in [0.4, 0.5) is 8.78 Å².